The van der Waals surface area contributed by atoms with E-state index in [1.807, 2.05) is 0 Å². The summed E-state index contributed by atoms with van der Waals surface area (Å²) in [5.41, 5.74) is 0.901. The molecule has 0 unspecified atom stereocenters. The predicted octanol–water partition coefficient (Wildman–Crippen LogP) is 3.70. The van der Waals surface area contributed by atoms with Crippen LogP contribution in [-0.4, -0.2) is 49.6 Å². The number of rotatable bonds is 7. The van der Waals surface area contributed by atoms with E-state index in [0.29, 0.717) is 24.2 Å². The van der Waals surface area contributed by atoms with E-state index in [2.05, 4.69) is 19.8 Å². The van der Waals surface area contributed by atoms with Gasteiger partial charge in [0.05, 0.1) is 10.5 Å². The lowest BCUT2D eigenvalue weighted by molar-refractivity contribution is 0.290. The molecule has 1 N–H and O–H groups in total. The molecule has 164 valence electrons. The SMILES string of the molecule is O=S(=O)(NCCN1CCCCCC1)c1ccccc1-c1nc(-c2ccc(F)cc2)no1. The summed E-state index contributed by atoms with van der Waals surface area (Å²) < 4.78 is 47.2. The zero-order valence-corrected chi connectivity index (χ0v) is 17.9. The summed E-state index contributed by atoms with van der Waals surface area (Å²) in [6.07, 6.45) is 4.78. The second kappa shape index (κ2) is 9.67. The van der Waals surface area contributed by atoms with E-state index in [1.165, 1.54) is 43.2 Å². The molecule has 3 aromatic rings. The third kappa shape index (κ3) is 5.36. The fourth-order valence-electron chi connectivity index (χ4n) is 3.70. The van der Waals surface area contributed by atoms with Gasteiger partial charge in [-0.25, -0.2) is 17.5 Å². The van der Waals surface area contributed by atoms with Crippen LogP contribution in [0.3, 0.4) is 0 Å². The molecule has 1 aliphatic rings. The lowest BCUT2D eigenvalue weighted by Crippen LogP contribution is -2.35. The summed E-state index contributed by atoms with van der Waals surface area (Å²) in [7, 11) is -3.76. The van der Waals surface area contributed by atoms with Crippen molar-refractivity contribution in [3.63, 3.8) is 0 Å². The average Bonchev–Trinajstić information content (AvgIpc) is 3.12. The molecular formula is C22H25FN4O3S. The van der Waals surface area contributed by atoms with Crippen molar-refractivity contribution in [3.05, 3.63) is 54.3 Å². The first kappa shape index (κ1) is 21.6. The Kier molecular flexibility index (Phi) is 6.74. The normalized spacial score (nSPS) is 15.6. The van der Waals surface area contributed by atoms with E-state index < -0.39 is 10.0 Å². The Labute approximate surface area is 181 Å². The molecular weight excluding hydrogens is 419 g/mol. The third-order valence-corrected chi connectivity index (χ3v) is 6.87. The van der Waals surface area contributed by atoms with Gasteiger partial charge in [0, 0.05) is 18.7 Å². The molecule has 0 radical (unpaired) electrons. The molecule has 7 nitrogen and oxygen atoms in total. The lowest BCUT2D eigenvalue weighted by atomic mass is 10.2. The van der Waals surface area contributed by atoms with Crippen molar-refractivity contribution in [1.29, 1.82) is 0 Å². The minimum atomic E-state index is -3.76. The summed E-state index contributed by atoms with van der Waals surface area (Å²) in [5, 5.41) is 3.92. The largest absolute Gasteiger partial charge is 0.334 e. The van der Waals surface area contributed by atoms with E-state index in [-0.39, 0.29) is 22.4 Å². The molecule has 1 aliphatic heterocycles. The van der Waals surface area contributed by atoms with Crippen LogP contribution in [0, 0.1) is 5.82 Å². The highest BCUT2D eigenvalue weighted by molar-refractivity contribution is 7.89. The Bertz CT molecular complexity index is 1110. The number of nitrogens with one attached hydrogen (secondary N) is 1. The highest BCUT2D eigenvalue weighted by Gasteiger charge is 2.23. The fourth-order valence-corrected chi connectivity index (χ4v) is 4.92. The van der Waals surface area contributed by atoms with Gasteiger partial charge in [0.25, 0.3) is 5.89 Å². The Morgan fingerprint density at radius 3 is 2.45 bits per heavy atom. The minimum absolute atomic E-state index is 0.0835. The summed E-state index contributed by atoms with van der Waals surface area (Å²) in [4.78, 5) is 6.70. The molecule has 31 heavy (non-hydrogen) atoms. The molecule has 0 bridgehead atoms. The minimum Gasteiger partial charge on any atom is -0.334 e. The van der Waals surface area contributed by atoms with Crippen LogP contribution in [0.25, 0.3) is 22.8 Å². The van der Waals surface area contributed by atoms with Gasteiger partial charge in [-0.05, 0) is 62.3 Å². The molecule has 2 aromatic carbocycles. The Balaban J connectivity index is 1.50. The maximum absolute atomic E-state index is 13.2. The first-order valence-corrected chi connectivity index (χ1v) is 11.9. The van der Waals surface area contributed by atoms with Gasteiger partial charge in [-0.3, -0.25) is 0 Å². The number of likely N-dealkylation sites (tertiary alicyclic amines) is 1. The average molecular weight is 445 g/mol. The molecule has 0 amide bonds. The second-order valence-corrected chi connectivity index (χ2v) is 9.32. The monoisotopic (exact) mass is 444 g/mol. The Morgan fingerprint density at radius 1 is 1.00 bits per heavy atom. The molecule has 0 aliphatic carbocycles. The third-order valence-electron chi connectivity index (χ3n) is 5.35. The summed E-state index contributed by atoms with van der Waals surface area (Å²) in [5.74, 6) is -0.0145. The highest BCUT2D eigenvalue weighted by Crippen LogP contribution is 2.28. The second-order valence-electron chi connectivity index (χ2n) is 7.58. The molecule has 1 fully saturated rings. The number of halogens is 1. The van der Waals surface area contributed by atoms with E-state index in [0.717, 1.165) is 25.9 Å². The quantitative estimate of drug-likeness (QED) is 0.598. The van der Waals surface area contributed by atoms with E-state index in [4.69, 9.17) is 4.52 Å². The standard InChI is InChI=1S/C22H25FN4O3S/c23-18-11-9-17(10-12-18)21-25-22(30-26-21)19-7-3-4-8-20(19)31(28,29)24-13-16-27-14-5-1-2-6-15-27/h3-4,7-12,24H,1-2,5-6,13-16H2. The van der Waals surface area contributed by atoms with Crippen molar-refractivity contribution in [2.24, 2.45) is 0 Å². The molecule has 0 saturated carbocycles. The number of nitrogens with zero attached hydrogens (tertiary/aromatic N) is 3. The van der Waals surface area contributed by atoms with Crippen LogP contribution < -0.4 is 4.72 Å². The maximum atomic E-state index is 13.2. The van der Waals surface area contributed by atoms with E-state index in [1.54, 1.807) is 18.2 Å². The van der Waals surface area contributed by atoms with Crippen molar-refractivity contribution in [2.75, 3.05) is 26.2 Å². The number of hydrogen-bond acceptors (Lipinski definition) is 6. The van der Waals surface area contributed by atoms with Crippen LogP contribution in [0.1, 0.15) is 25.7 Å². The van der Waals surface area contributed by atoms with Gasteiger partial charge in [-0.15, -0.1) is 0 Å². The lowest BCUT2D eigenvalue weighted by Gasteiger charge is -2.19. The van der Waals surface area contributed by atoms with Crippen molar-refractivity contribution in [2.45, 2.75) is 30.6 Å². The molecule has 0 atom stereocenters. The van der Waals surface area contributed by atoms with Crippen LogP contribution in [0.4, 0.5) is 4.39 Å². The molecule has 0 spiro atoms. The highest BCUT2D eigenvalue weighted by atomic mass is 32.2. The number of benzene rings is 2. The van der Waals surface area contributed by atoms with Gasteiger partial charge < -0.3 is 9.42 Å². The van der Waals surface area contributed by atoms with Gasteiger partial charge in [-0.1, -0.05) is 30.1 Å². The molecule has 4 rings (SSSR count). The van der Waals surface area contributed by atoms with Crippen LogP contribution in [-0.2, 0) is 10.0 Å². The Morgan fingerprint density at radius 2 is 1.71 bits per heavy atom. The van der Waals surface area contributed by atoms with Gasteiger partial charge in [0.15, 0.2) is 0 Å². The topological polar surface area (TPSA) is 88.3 Å². The van der Waals surface area contributed by atoms with Gasteiger partial charge >= 0.3 is 0 Å². The molecule has 2 heterocycles. The first-order valence-electron chi connectivity index (χ1n) is 10.4. The summed E-state index contributed by atoms with van der Waals surface area (Å²) >= 11 is 0. The van der Waals surface area contributed by atoms with Crippen LogP contribution in [0.15, 0.2) is 57.9 Å². The molecule has 1 saturated heterocycles. The van der Waals surface area contributed by atoms with Gasteiger partial charge in [0.2, 0.25) is 15.8 Å². The summed E-state index contributed by atoms with van der Waals surface area (Å²) in [6, 6.07) is 12.2. The van der Waals surface area contributed by atoms with E-state index in [9.17, 15) is 12.8 Å². The van der Waals surface area contributed by atoms with Crippen LogP contribution in [0.2, 0.25) is 0 Å². The number of sulfonamides is 1. The number of hydrogen-bond donors (Lipinski definition) is 1. The zero-order valence-electron chi connectivity index (χ0n) is 17.1. The maximum Gasteiger partial charge on any atom is 0.259 e. The smallest absolute Gasteiger partial charge is 0.259 e. The summed E-state index contributed by atoms with van der Waals surface area (Å²) in [6.45, 7) is 3.02. The van der Waals surface area contributed by atoms with Gasteiger partial charge in [0.1, 0.15) is 5.82 Å². The Hall–Kier alpha value is -2.62. The molecule has 1 aromatic heterocycles. The van der Waals surface area contributed by atoms with Crippen molar-refractivity contribution in [3.8, 4) is 22.8 Å². The molecule has 9 heteroatoms. The van der Waals surface area contributed by atoms with Crippen LogP contribution >= 0.6 is 0 Å². The predicted molar refractivity (Wildman–Crippen MR) is 115 cm³/mol. The van der Waals surface area contributed by atoms with Crippen LogP contribution in [0.5, 0.6) is 0 Å². The van der Waals surface area contributed by atoms with Crippen molar-refractivity contribution < 1.29 is 17.3 Å². The van der Waals surface area contributed by atoms with Gasteiger partial charge in [-0.2, -0.15) is 4.98 Å². The van der Waals surface area contributed by atoms with Crippen molar-refractivity contribution in [1.82, 2.24) is 19.8 Å². The zero-order chi connectivity index (χ0) is 21.7. The number of aromatic nitrogens is 2. The fraction of sp³-hybridized carbons (Fsp3) is 0.364. The van der Waals surface area contributed by atoms with E-state index >= 15 is 0 Å². The van der Waals surface area contributed by atoms with Crippen molar-refractivity contribution >= 4 is 10.0 Å². The first-order chi connectivity index (χ1) is 15.0.